The van der Waals surface area contributed by atoms with Crippen LogP contribution in [-0.4, -0.2) is 36.4 Å². The number of benzene rings is 1. The highest BCUT2D eigenvalue weighted by molar-refractivity contribution is 5.89. The molecule has 1 rings (SSSR count). The number of aryl methyl sites for hydroxylation is 1. The van der Waals surface area contributed by atoms with E-state index < -0.39 is 18.1 Å². The van der Waals surface area contributed by atoms with E-state index in [1.807, 2.05) is 0 Å². The number of carbonyl (C=O) groups excluding carboxylic acids is 2. The molecule has 1 aromatic carbocycles. The molecule has 0 bridgehead atoms. The molecule has 0 aromatic heterocycles. The number of hydrogen-bond acceptors (Lipinski definition) is 6. The Morgan fingerprint density at radius 1 is 1.17 bits per heavy atom. The zero-order chi connectivity index (χ0) is 17.2. The third-order valence-electron chi connectivity index (χ3n) is 2.80. The van der Waals surface area contributed by atoms with Crippen LogP contribution < -0.4 is 4.74 Å². The number of hydrogen-bond donors (Lipinski definition) is 1. The van der Waals surface area contributed by atoms with Gasteiger partial charge in [-0.2, -0.15) is 0 Å². The van der Waals surface area contributed by atoms with E-state index in [9.17, 15) is 14.4 Å². The molecule has 7 heteroatoms. The predicted molar refractivity (Wildman–Crippen MR) is 80.5 cm³/mol. The Morgan fingerprint density at radius 2 is 1.83 bits per heavy atom. The molecular weight excluding hydrogens is 304 g/mol. The second kappa shape index (κ2) is 9.24. The first kappa shape index (κ1) is 18.2. The molecule has 0 saturated carbocycles. The minimum absolute atomic E-state index is 0.122. The molecule has 0 fully saturated rings. The Balaban J connectivity index is 2.29. The van der Waals surface area contributed by atoms with Crippen LogP contribution in [0.3, 0.4) is 0 Å². The van der Waals surface area contributed by atoms with Crippen molar-refractivity contribution in [2.75, 3.05) is 13.2 Å². The van der Waals surface area contributed by atoms with Gasteiger partial charge in [-0.1, -0.05) is 6.58 Å². The normalized spacial score (nSPS) is 9.78. The fourth-order valence-corrected chi connectivity index (χ4v) is 1.66. The second-order valence-electron chi connectivity index (χ2n) is 4.56. The largest absolute Gasteiger partial charge is 0.513 e. The maximum Gasteiger partial charge on any atom is 0.513 e. The number of carboxylic acids is 1. The molecule has 0 atom stereocenters. The summed E-state index contributed by atoms with van der Waals surface area (Å²) in [6.45, 7) is 5.21. The SMILES string of the molecule is C=CC(=O)OCCCCOC(=O)Oc1ccc(C(=O)O)c(C)c1. The molecule has 0 heterocycles. The van der Waals surface area contributed by atoms with Gasteiger partial charge in [-0.25, -0.2) is 14.4 Å². The van der Waals surface area contributed by atoms with Crippen LogP contribution in [0.25, 0.3) is 0 Å². The smallest absolute Gasteiger partial charge is 0.478 e. The van der Waals surface area contributed by atoms with E-state index in [0.717, 1.165) is 6.08 Å². The van der Waals surface area contributed by atoms with Crippen LogP contribution in [0.15, 0.2) is 30.9 Å². The average molecular weight is 322 g/mol. The van der Waals surface area contributed by atoms with E-state index in [1.54, 1.807) is 6.92 Å². The lowest BCUT2D eigenvalue weighted by Crippen LogP contribution is -2.12. The molecule has 0 radical (unpaired) electrons. The van der Waals surface area contributed by atoms with Gasteiger partial charge in [-0.15, -0.1) is 0 Å². The third kappa shape index (κ3) is 6.64. The highest BCUT2D eigenvalue weighted by Crippen LogP contribution is 2.17. The van der Waals surface area contributed by atoms with Gasteiger partial charge in [-0.3, -0.25) is 0 Å². The Bertz CT molecular complexity index is 592. The van der Waals surface area contributed by atoms with Crippen LogP contribution in [0.5, 0.6) is 5.75 Å². The van der Waals surface area contributed by atoms with Crippen LogP contribution in [0.2, 0.25) is 0 Å². The van der Waals surface area contributed by atoms with Crippen molar-refractivity contribution >= 4 is 18.1 Å². The fraction of sp³-hybridized carbons (Fsp3) is 0.312. The lowest BCUT2D eigenvalue weighted by atomic mass is 10.1. The lowest BCUT2D eigenvalue weighted by molar-refractivity contribution is -0.137. The molecule has 0 amide bonds. The fourth-order valence-electron chi connectivity index (χ4n) is 1.66. The summed E-state index contributed by atoms with van der Waals surface area (Å²) in [7, 11) is 0. The molecular formula is C16H18O7. The predicted octanol–water partition coefficient (Wildman–Crippen LogP) is 2.72. The first-order chi connectivity index (χ1) is 10.9. The quantitative estimate of drug-likeness (QED) is 0.340. The molecule has 0 aliphatic rings. The number of carbonyl (C=O) groups is 3. The van der Waals surface area contributed by atoms with Crippen molar-refractivity contribution in [1.29, 1.82) is 0 Å². The van der Waals surface area contributed by atoms with Crippen molar-refractivity contribution in [2.24, 2.45) is 0 Å². The van der Waals surface area contributed by atoms with E-state index in [0.29, 0.717) is 18.4 Å². The summed E-state index contributed by atoms with van der Waals surface area (Å²) in [6, 6.07) is 4.18. The van der Waals surface area contributed by atoms with Gasteiger partial charge in [0.05, 0.1) is 18.8 Å². The van der Waals surface area contributed by atoms with E-state index in [1.165, 1.54) is 18.2 Å². The Hall–Kier alpha value is -2.83. The van der Waals surface area contributed by atoms with Crippen LogP contribution in [0, 0.1) is 6.92 Å². The summed E-state index contributed by atoms with van der Waals surface area (Å²) in [5, 5.41) is 8.91. The van der Waals surface area contributed by atoms with Crippen molar-refractivity contribution in [3.05, 3.63) is 42.0 Å². The Morgan fingerprint density at radius 3 is 2.39 bits per heavy atom. The minimum Gasteiger partial charge on any atom is -0.478 e. The molecule has 0 aliphatic heterocycles. The molecule has 0 spiro atoms. The van der Waals surface area contributed by atoms with Gasteiger partial charge in [0.25, 0.3) is 0 Å². The van der Waals surface area contributed by atoms with Crippen LogP contribution >= 0.6 is 0 Å². The molecule has 1 N–H and O–H groups in total. The molecule has 124 valence electrons. The molecule has 0 aliphatic carbocycles. The maximum absolute atomic E-state index is 11.5. The van der Waals surface area contributed by atoms with Gasteiger partial charge in [-0.05, 0) is 43.5 Å². The first-order valence-electron chi connectivity index (χ1n) is 6.91. The van der Waals surface area contributed by atoms with Gasteiger partial charge in [0.1, 0.15) is 5.75 Å². The molecule has 23 heavy (non-hydrogen) atoms. The summed E-state index contributed by atoms with van der Waals surface area (Å²) in [5.41, 5.74) is 0.617. The van der Waals surface area contributed by atoms with Crippen molar-refractivity contribution < 1.29 is 33.7 Å². The molecule has 0 saturated heterocycles. The number of unbranched alkanes of at least 4 members (excludes halogenated alkanes) is 1. The molecule has 1 aromatic rings. The average Bonchev–Trinajstić information content (AvgIpc) is 2.50. The zero-order valence-corrected chi connectivity index (χ0v) is 12.7. The number of carboxylic acid groups (broad SMARTS) is 1. The standard InChI is InChI=1S/C16H18O7/c1-3-14(17)21-8-4-5-9-22-16(20)23-12-6-7-13(15(18)19)11(2)10-12/h3,6-7,10H,1,4-5,8-9H2,2H3,(H,18,19). The van der Waals surface area contributed by atoms with Crippen molar-refractivity contribution in [2.45, 2.75) is 19.8 Å². The second-order valence-corrected chi connectivity index (χ2v) is 4.56. The summed E-state index contributed by atoms with van der Waals surface area (Å²) in [6.07, 6.45) is 1.25. The van der Waals surface area contributed by atoms with Crippen molar-refractivity contribution in [3.63, 3.8) is 0 Å². The van der Waals surface area contributed by atoms with Crippen LogP contribution in [-0.2, 0) is 14.3 Å². The minimum atomic E-state index is -1.05. The van der Waals surface area contributed by atoms with Crippen LogP contribution in [0.1, 0.15) is 28.8 Å². The van der Waals surface area contributed by atoms with Crippen molar-refractivity contribution in [1.82, 2.24) is 0 Å². The molecule has 0 unspecified atom stereocenters. The van der Waals surface area contributed by atoms with E-state index >= 15 is 0 Å². The van der Waals surface area contributed by atoms with E-state index in [2.05, 4.69) is 6.58 Å². The van der Waals surface area contributed by atoms with Gasteiger partial charge < -0.3 is 19.3 Å². The number of esters is 1. The Labute approximate surface area is 133 Å². The van der Waals surface area contributed by atoms with E-state index in [4.69, 9.17) is 19.3 Å². The Kier molecular flexibility index (Phi) is 7.32. The molecule has 7 nitrogen and oxygen atoms in total. The first-order valence-corrected chi connectivity index (χ1v) is 6.91. The summed E-state index contributed by atoms with van der Waals surface area (Å²) in [4.78, 5) is 33.1. The lowest BCUT2D eigenvalue weighted by Gasteiger charge is -2.07. The van der Waals surface area contributed by atoms with E-state index in [-0.39, 0.29) is 24.5 Å². The van der Waals surface area contributed by atoms with Crippen molar-refractivity contribution in [3.8, 4) is 5.75 Å². The highest BCUT2D eigenvalue weighted by atomic mass is 16.7. The number of aromatic carboxylic acids is 1. The van der Waals surface area contributed by atoms with Gasteiger partial charge >= 0.3 is 18.1 Å². The van der Waals surface area contributed by atoms with Gasteiger partial charge in [0.2, 0.25) is 0 Å². The monoisotopic (exact) mass is 322 g/mol. The maximum atomic E-state index is 11.5. The topological polar surface area (TPSA) is 99.1 Å². The summed E-state index contributed by atoms with van der Waals surface area (Å²) in [5.74, 6) is -1.34. The summed E-state index contributed by atoms with van der Waals surface area (Å²) >= 11 is 0. The van der Waals surface area contributed by atoms with Gasteiger partial charge in [0.15, 0.2) is 0 Å². The number of rotatable bonds is 8. The summed E-state index contributed by atoms with van der Waals surface area (Å²) < 4.78 is 14.6. The third-order valence-corrected chi connectivity index (χ3v) is 2.80. The highest BCUT2D eigenvalue weighted by Gasteiger charge is 2.11. The van der Waals surface area contributed by atoms with Gasteiger partial charge in [0, 0.05) is 6.08 Å². The van der Waals surface area contributed by atoms with Crippen LogP contribution in [0.4, 0.5) is 4.79 Å². The zero-order valence-electron chi connectivity index (χ0n) is 12.7. The number of ether oxygens (including phenoxy) is 3.